The Hall–Kier alpha value is -1.58. The van der Waals surface area contributed by atoms with E-state index in [-0.39, 0.29) is 11.9 Å². The van der Waals surface area contributed by atoms with Crippen LogP contribution in [0.5, 0.6) is 0 Å². The molecule has 21 heavy (non-hydrogen) atoms. The monoisotopic (exact) mass is 291 g/mol. The van der Waals surface area contributed by atoms with Crippen LogP contribution in [0.15, 0.2) is 12.1 Å². The van der Waals surface area contributed by atoms with Crippen molar-refractivity contribution in [1.82, 2.24) is 10.3 Å². The summed E-state index contributed by atoms with van der Waals surface area (Å²) in [4.78, 5) is 16.8. The first-order chi connectivity index (χ1) is 9.97. The van der Waals surface area contributed by atoms with Crippen molar-refractivity contribution >= 4 is 11.7 Å². The van der Waals surface area contributed by atoms with Crippen molar-refractivity contribution in [2.45, 2.75) is 65.3 Å². The third-order valence-corrected chi connectivity index (χ3v) is 3.57. The summed E-state index contributed by atoms with van der Waals surface area (Å²) in [5, 5.41) is 6.10. The van der Waals surface area contributed by atoms with E-state index in [1.807, 2.05) is 13.1 Å². The third kappa shape index (κ3) is 5.74. The molecule has 1 amide bonds. The van der Waals surface area contributed by atoms with Crippen molar-refractivity contribution in [2.24, 2.45) is 0 Å². The second-order valence-corrected chi connectivity index (χ2v) is 5.94. The van der Waals surface area contributed by atoms with E-state index >= 15 is 0 Å². The van der Waals surface area contributed by atoms with E-state index in [1.165, 1.54) is 12.8 Å². The Kier molecular flexibility index (Phi) is 7.20. The molecule has 4 nitrogen and oxygen atoms in total. The fourth-order valence-electron chi connectivity index (χ4n) is 2.19. The normalized spacial score (nSPS) is 12.3. The minimum atomic E-state index is -0.0141. The molecule has 1 unspecified atom stereocenters. The van der Waals surface area contributed by atoms with Gasteiger partial charge < -0.3 is 10.6 Å². The van der Waals surface area contributed by atoms with Gasteiger partial charge in [0.1, 0.15) is 5.82 Å². The number of unbranched alkanes of at least 4 members (excludes halogenated alkanes) is 2. The highest BCUT2D eigenvalue weighted by atomic mass is 16.1. The molecule has 0 bridgehead atoms. The number of rotatable bonds is 8. The number of pyridine rings is 1. The van der Waals surface area contributed by atoms with Gasteiger partial charge in [-0.25, -0.2) is 4.98 Å². The molecule has 0 saturated carbocycles. The van der Waals surface area contributed by atoms with E-state index < -0.39 is 0 Å². The number of aromatic nitrogens is 1. The van der Waals surface area contributed by atoms with Crippen molar-refractivity contribution in [1.29, 1.82) is 0 Å². The number of hydrogen-bond donors (Lipinski definition) is 2. The number of carbonyl (C=O) groups excluding carboxylic acids is 1. The van der Waals surface area contributed by atoms with Gasteiger partial charge in [0.25, 0.3) is 5.91 Å². The van der Waals surface area contributed by atoms with Gasteiger partial charge in [0.15, 0.2) is 0 Å². The fourth-order valence-corrected chi connectivity index (χ4v) is 2.19. The third-order valence-electron chi connectivity index (χ3n) is 3.57. The topological polar surface area (TPSA) is 54.0 Å². The molecule has 0 aliphatic heterocycles. The molecule has 1 aromatic rings. The Morgan fingerprint density at radius 1 is 1.24 bits per heavy atom. The van der Waals surface area contributed by atoms with Gasteiger partial charge in [-0.15, -0.1) is 0 Å². The largest absolute Gasteiger partial charge is 0.373 e. The Labute approximate surface area is 128 Å². The molecule has 0 saturated heterocycles. The number of hydrogen-bond acceptors (Lipinski definition) is 3. The molecule has 1 atom stereocenters. The second-order valence-electron chi connectivity index (χ2n) is 5.94. The number of carbonyl (C=O) groups is 1. The van der Waals surface area contributed by atoms with Crippen molar-refractivity contribution in [3.05, 3.63) is 23.4 Å². The van der Waals surface area contributed by atoms with Gasteiger partial charge in [-0.05, 0) is 31.4 Å². The van der Waals surface area contributed by atoms with Crippen LogP contribution in [-0.2, 0) is 0 Å². The van der Waals surface area contributed by atoms with Gasteiger partial charge in [-0.3, -0.25) is 4.79 Å². The Bertz CT molecular complexity index is 457. The van der Waals surface area contributed by atoms with Gasteiger partial charge >= 0.3 is 0 Å². The predicted octanol–water partition coefficient (Wildman–Crippen LogP) is 3.95. The molecule has 0 fully saturated rings. The zero-order valence-corrected chi connectivity index (χ0v) is 14.0. The maximum absolute atomic E-state index is 12.4. The number of nitrogens with zero attached hydrogens (tertiary/aromatic N) is 1. The van der Waals surface area contributed by atoms with Crippen molar-refractivity contribution < 1.29 is 4.79 Å². The van der Waals surface area contributed by atoms with E-state index in [9.17, 15) is 4.79 Å². The molecule has 1 aromatic heterocycles. The lowest BCUT2D eigenvalue weighted by Gasteiger charge is -2.15. The second kappa shape index (κ2) is 8.65. The molecule has 0 aliphatic rings. The predicted molar refractivity (Wildman–Crippen MR) is 88.9 cm³/mol. The maximum Gasteiger partial charge on any atom is 0.251 e. The summed E-state index contributed by atoms with van der Waals surface area (Å²) in [5.41, 5.74) is 1.62. The zero-order valence-electron chi connectivity index (χ0n) is 14.0. The first kappa shape index (κ1) is 17.5. The summed E-state index contributed by atoms with van der Waals surface area (Å²) < 4.78 is 0. The van der Waals surface area contributed by atoms with E-state index in [2.05, 4.69) is 43.3 Å². The minimum absolute atomic E-state index is 0.0141. The first-order valence-corrected chi connectivity index (χ1v) is 7.98. The van der Waals surface area contributed by atoms with Crippen LogP contribution in [0.3, 0.4) is 0 Å². The molecule has 4 heteroatoms. The summed E-state index contributed by atoms with van der Waals surface area (Å²) in [6.45, 7) is 8.41. The average Bonchev–Trinajstić information content (AvgIpc) is 2.46. The van der Waals surface area contributed by atoms with Crippen LogP contribution in [0.1, 0.15) is 75.3 Å². The Morgan fingerprint density at radius 3 is 2.52 bits per heavy atom. The first-order valence-electron chi connectivity index (χ1n) is 7.98. The molecule has 2 N–H and O–H groups in total. The minimum Gasteiger partial charge on any atom is -0.373 e. The zero-order chi connectivity index (χ0) is 15.8. The maximum atomic E-state index is 12.4. The van der Waals surface area contributed by atoms with Gasteiger partial charge in [-0.1, -0.05) is 40.0 Å². The fraction of sp³-hybridized carbons (Fsp3) is 0.647. The van der Waals surface area contributed by atoms with Crippen molar-refractivity contribution in [3.8, 4) is 0 Å². The SMILES string of the molecule is CCCCCC(C)NC(=O)c1cc(NC)nc(C(C)C)c1. The Balaban J connectivity index is 2.74. The quantitative estimate of drug-likeness (QED) is 0.713. The highest BCUT2D eigenvalue weighted by Gasteiger charge is 2.13. The molecule has 1 heterocycles. The van der Waals surface area contributed by atoms with Crippen LogP contribution in [0, 0.1) is 0 Å². The van der Waals surface area contributed by atoms with Crippen LogP contribution in [0.25, 0.3) is 0 Å². The molecular formula is C17H29N3O. The molecular weight excluding hydrogens is 262 g/mol. The van der Waals surface area contributed by atoms with E-state index in [4.69, 9.17) is 0 Å². The summed E-state index contributed by atoms with van der Waals surface area (Å²) in [6.07, 6.45) is 4.61. The summed E-state index contributed by atoms with van der Waals surface area (Å²) in [7, 11) is 1.82. The summed E-state index contributed by atoms with van der Waals surface area (Å²) in [5.74, 6) is 1.02. The van der Waals surface area contributed by atoms with Gasteiger partial charge in [0, 0.05) is 24.3 Å². The van der Waals surface area contributed by atoms with Gasteiger partial charge in [0.2, 0.25) is 0 Å². The van der Waals surface area contributed by atoms with E-state index in [0.717, 1.165) is 24.4 Å². The van der Waals surface area contributed by atoms with Crippen LogP contribution < -0.4 is 10.6 Å². The highest BCUT2D eigenvalue weighted by molar-refractivity contribution is 5.95. The van der Waals surface area contributed by atoms with Crippen LogP contribution >= 0.6 is 0 Å². The standard InChI is InChI=1S/C17H29N3O/c1-6-7-8-9-13(4)19-17(21)14-10-15(12(2)3)20-16(11-14)18-5/h10-13H,6-9H2,1-5H3,(H,18,20)(H,19,21). The number of nitrogens with one attached hydrogen (secondary N) is 2. The van der Waals surface area contributed by atoms with Crippen LogP contribution in [0.4, 0.5) is 5.82 Å². The average molecular weight is 291 g/mol. The van der Waals surface area contributed by atoms with Crippen molar-refractivity contribution in [3.63, 3.8) is 0 Å². The van der Waals surface area contributed by atoms with Gasteiger partial charge in [-0.2, -0.15) is 0 Å². The summed E-state index contributed by atoms with van der Waals surface area (Å²) >= 11 is 0. The lowest BCUT2D eigenvalue weighted by Crippen LogP contribution is -2.32. The van der Waals surface area contributed by atoms with E-state index in [0.29, 0.717) is 11.5 Å². The molecule has 1 rings (SSSR count). The molecule has 0 aromatic carbocycles. The highest BCUT2D eigenvalue weighted by Crippen LogP contribution is 2.17. The lowest BCUT2D eigenvalue weighted by atomic mass is 10.1. The number of anilines is 1. The lowest BCUT2D eigenvalue weighted by molar-refractivity contribution is 0.0937. The summed E-state index contributed by atoms with van der Waals surface area (Å²) in [6, 6.07) is 3.90. The van der Waals surface area contributed by atoms with Crippen molar-refractivity contribution in [2.75, 3.05) is 12.4 Å². The molecule has 0 spiro atoms. The van der Waals surface area contributed by atoms with Crippen LogP contribution in [0.2, 0.25) is 0 Å². The smallest absolute Gasteiger partial charge is 0.251 e. The molecule has 0 aliphatic carbocycles. The van der Waals surface area contributed by atoms with Crippen LogP contribution in [-0.4, -0.2) is 24.0 Å². The molecule has 118 valence electrons. The molecule has 0 radical (unpaired) electrons. The Morgan fingerprint density at radius 2 is 1.95 bits per heavy atom. The van der Waals surface area contributed by atoms with E-state index in [1.54, 1.807) is 6.07 Å². The van der Waals surface area contributed by atoms with Gasteiger partial charge in [0.05, 0.1) is 0 Å². The number of amides is 1.